The van der Waals surface area contributed by atoms with Crippen molar-refractivity contribution in [2.75, 3.05) is 0 Å². The zero-order valence-electron chi connectivity index (χ0n) is 7.24. The highest BCUT2D eigenvalue weighted by Gasteiger charge is 2.05. The summed E-state index contributed by atoms with van der Waals surface area (Å²) in [7, 11) is 0. The van der Waals surface area contributed by atoms with Crippen LogP contribution >= 0.6 is 0 Å². The topological polar surface area (TPSA) is 61.5 Å². The minimum absolute atomic E-state index is 0.175. The van der Waals surface area contributed by atoms with E-state index >= 15 is 0 Å². The van der Waals surface area contributed by atoms with Crippen LogP contribution in [0.5, 0.6) is 0 Å². The van der Waals surface area contributed by atoms with Crippen LogP contribution in [-0.4, -0.2) is 15.2 Å². The van der Waals surface area contributed by atoms with E-state index in [1.165, 1.54) is 0 Å². The second-order valence-electron chi connectivity index (χ2n) is 3.15. The summed E-state index contributed by atoms with van der Waals surface area (Å²) in [4.78, 5) is 15.4. The number of rotatable bonds is 0. The first-order valence-electron chi connectivity index (χ1n) is 4.30. The van der Waals surface area contributed by atoms with E-state index in [1.54, 1.807) is 6.20 Å². The molecule has 3 rings (SSSR count). The Morgan fingerprint density at radius 1 is 1.14 bits per heavy atom. The number of fused-ring (bicyclic) bond motifs is 3. The van der Waals surface area contributed by atoms with Gasteiger partial charge in [-0.25, -0.2) is 4.98 Å². The van der Waals surface area contributed by atoms with E-state index in [0.717, 1.165) is 16.3 Å². The number of H-pyrrole nitrogens is 2. The van der Waals surface area contributed by atoms with Crippen molar-refractivity contribution in [2.45, 2.75) is 0 Å². The molecule has 0 saturated heterocycles. The number of hydrogen-bond acceptors (Lipinski definition) is 2. The molecule has 0 spiro atoms. The summed E-state index contributed by atoms with van der Waals surface area (Å²) in [5.74, 6) is 0. The van der Waals surface area contributed by atoms with E-state index in [9.17, 15) is 4.79 Å². The molecule has 4 heteroatoms. The Bertz CT molecular complexity index is 665. The number of benzene rings is 1. The van der Waals surface area contributed by atoms with Crippen LogP contribution in [0, 0.1) is 0 Å². The van der Waals surface area contributed by atoms with Gasteiger partial charge in [-0.3, -0.25) is 15.0 Å². The third-order valence-corrected chi connectivity index (χ3v) is 2.32. The van der Waals surface area contributed by atoms with Crippen molar-refractivity contribution in [1.82, 2.24) is 15.2 Å². The quantitative estimate of drug-likeness (QED) is 0.556. The molecular weight excluding hydrogens is 178 g/mol. The summed E-state index contributed by atoms with van der Waals surface area (Å²) in [5.41, 5.74) is 1.06. The average Bonchev–Trinajstić information content (AvgIpc) is 2.61. The number of pyridine rings is 1. The van der Waals surface area contributed by atoms with Gasteiger partial charge >= 0.3 is 0 Å². The molecule has 0 bridgehead atoms. The molecule has 68 valence electrons. The molecule has 0 amide bonds. The van der Waals surface area contributed by atoms with Crippen LogP contribution in [0.1, 0.15) is 0 Å². The highest BCUT2D eigenvalue weighted by Crippen LogP contribution is 2.18. The minimum Gasteiger partial charge on any atom is -0.295 e. The lowest BCUT2D eigenvalue weighted by atomic mass is 10.1. The van der Waals surface area contributed by atoms with Crippen molar-refractivity contribution in [3.8, 4) is 0 Å². The van der Waals surface area contributed by atoms with Crippen molar-refractivity contribution in [1.29, 1.82) is 0 Å². The lowest BCUT2D eigenvalue weighted by Gasteiger charge is -1.95. The van der Waals surface area contributed by atoms with E-state index in [4.69, 9.17) is 0 Å². The van der Waals surface area contributed by atoms with Gasteiger partial charge in [0, 0.05) is 17.0 Å². The number of nitrogens with zero attached hydrogens (tertiary/aromatic N) is 1. The zero-order valence-corrected chi connectivity index (χ0v) is 7.24. The number of aromatic nitrogens is 3. The summed E-state index contributed by atoms with van der Waals surface area (Å²) < 4.78 is 0. The lowest BCUT2D eigenvalue weighted by Crippen LogP contribution is -1.98. The van der Waals surface area contributed by atoms with Crippen molar-refractivity contribution < 1.29 is 0 Å². The third-order valence-electron chi connectivity index (χ3n) is 2.32. The Hall–Kier alpha value is -2.10. The Morgan fingerprint density at radius 2 is 2.00 bits per heavy atom. The third kappa shape index (κ3) is 0.821. The second-order valence-corrected chi connectivity index (χ2v) is 3.15. The van der Waals surface area contributed by atoms with Crippen molar-refractivity contribution >= 4 is 21.8 Å². The summed E-state index contributed by atoms with van der Waals surface area (Å²) in [5, 5.41) is 7.39. The molecular formula is C10H7N3O. The van der Waals surface area contributed by atoms with E-state index < -0.39 is 0 Å². The average molecular weight is 185 g/mol. The molecule has 14 heavy (non-hydrogen) atoms. The van der Waals surface area contributed by atoms with Gasteiger partial charge in [0.05, 0.1) is 5.52 Å². The fourth-order valence-electron chi connectivity index (χ4n) is 1.64. The molecule has 0 saturated carbocycles. The van der Waals surface area contributed by atoms with Gasteiger partial charge in [-0.2, -0.15) is 0 Å². The minimum atomic E-state index is -0.175. The fourth-order valence-corrected chi connectivity index (χ4v) is 1.64. The van der Waals surface area contributed by atoms with E-state index in [1.807, 2.05) is 24.3 Å². The predicted octanol–water partition coefficient (Wildman–Crippen LogP) is 1.40. The van der Waals surface area contributed by atoms with E-state index in [2.05, 4.69) is 15.2 Å². The maximum atomic E-state index is 11.3. The molecule has 0 fully saturated rings. The van der Waals surface area contributed by atoms with Crippen LogP contribution in [0.25, 0.3) is 21.8 Å². The van der Waals surface area contributed by atoms with Gasteiger partial charge in [0.25, 0.3) is 5.56 Å². The lowest BCUT2D eigenvalue weighted by molar-refractivity contribution is 1.08. The van der Waals surface area contributed by atoms with Crippen LogP contribution < -0.4 is 5.56 Å². The largest absolute Gasteiger partial charge is 0.295 e. The number of hydrogen-bond donors (Lipinski definition) is 2. The zero-order chi connectivity index (χ0) is 9.54. The molecule has 0 aliphatic carbocycles. The molecule has 0 unspecified atom stereocenters. The molecule has 0 radical (unpaired) electrons. The summed E-state index contributed by atoms with van der Waals surface area (Å²) in [6, 6.07) is 7.81. The summed E-state index contributed by atoms with van der Waals surface area (Å²) in [6.45, 7) is 0. The molecule has 4 nitrogen and oxygen atoms in total. The molecule has 0 aliphatic rings. The molecule has 2 N–H and O–H groups in total. The number of nitrogens with one attached hydrogen (secondary N) is 2. The number of aromatic amines is 2. The molecule has 1 aromatic carbocycles. The van der Waals surface area contributed by atoms with Crippen molar-refractivity contribution in [2.24, 2.45) is 0 Å². The summed E-state index contributed by atoms with van der Waals surface area (Å²) in [6.07, 6.45) is 1.71. The predicted molar refractivity (Wildman–Crippen MR) is 54.2 cm³/mol. The normalized spacial score (nSPS) is 11.1. The van der Waals surface area contributed by atoms with Crippen LogP contribution in [0.15, 0.2) is 35.3 Å². The first-order valence-corrected chi connectivity index (χ1v) is 4.30. The monoisotopic (exact) mass is 185 g/mol. The van der Waals surface area contributed by atoms with Crippen LogP contribution in [-0.2, 0) is 0 Å². The Kier molecular flexibility index (Phi) is 1.28. The van der Waals surface area contributed by atoms with E-state index in [0.29, 0.717) is 5.52 Å². The van der Waals surface area contributed by atoms with Crippen LogP contribution in [0.2, 0.25) is 0 Å². The van der Waals surface area contributed by atoms with Gasteiger partial charge < -0.3 is 0 Å². The Morgan fingerprint density at radius 3 is 2.93 bits per heavy atom. The molecule has 2 heterocycles. The molecule has 0 atom stereocenters. The smallest absolute Gasteiger partial charge is 0.290 e. The Labute approximate surface area is 78.6 Å². The maximum Gasteiger partial charge on any atom is 0.290 e. The van der Waals surface area contributed by atoms with Gasteiger partial charge in [0.15, 0.2) is 5.52 Å². The highest BCUT2D eigenvalue weighted by atomic mass is 16.1. The van der Waals surface area contributed by atoms with Gasteiger partial charge in [0.1, 0.15) is 0 Å². The van der Waals surface area contributed by atoms with E-state index in [-0.39, 0.29) is 5.56 Å². The fraction of sp³-hybridized carbons (Fsp3) is 0. The van der Waals surface area contributed by atoms with Crippen molar-refractivity contribution in [3.63, 3.8) is 0 Å². The molecule has 3 aromatic rings. The molecule has 0 aliphatic heterocycles. The SMILES string of the molecule is O=c1[nH][nH]c2c1ncc1ccccc12. The first kappa shape index (κ1) is 7.32. The first-order chi connectivity index (χ1) is 6.86. The van der Waals surface area contributed by atoms with Crippen LogP contribution in [0.4, 0.5) is 0 Å². The maximum absolute atomic E-state index is 11.3. The standard InChI is InChI=1S/C10H7N3O/c14-10-9-8(12-13-10)7-4-2-1-3-6(7)5-11-9/h1-5H,(H2,12,13,14). The van der Waals surface area contributed by atoms with Crippen molar-refractivity contribution in [3.05, 3.63) is 40.8 Å². The molecule has 2 aromatic heterocycles. The Balaban J connectivity index is 2.68. The van der Waals surface area contributed by atoms with Gasteiger partial charge in [0.2, 0.25) is 0 Å². The van der Waals surface area contributed by atoms with Gasteiger partial charge in [-0.05, 0) is 0 Å². The van der Waals surface area contributed by atoms with Gasteiger partial charge in [-0.1, -0.05) is 24.3 Å². The second kappa shape index (κ2) is 2.45. The highest BCUT2D eigenvalue weighted by molar-refractivity contribution is 6.02. The summed E-state index contributed by atoms with van der Waals surface area (Å²) >= 11 is 0. The van der Waals surface area contributed by atoms with Crippen LogP contribution in [0.3, 0.4) is 0 Å². The van der Waals surface area contributed by atoms with Gasteiger partial charge in [-0.15, -0.1) is 0 Å².